The molecule has 1 nitrogen and oxygen atoms in total. The Hall–Kier alpha value is -0.600. The van der Waals surface area contributed by atoms with Crippen LogP contribution in [-0.2, 0) is 6.42 Å². The maximum atomic E-state index is 13.5. The third-order valence-electron chi connectivity index (χ3n) is 4.09. The molecule has 106 valence electrons. The van der Waals surface area contributed by atoms with Gasteiger partial charge in [-0.05, 0) is 55.3 Å². The van der Waals surface area contributed by atoms with Crippen LogP contribution in [0.5, 0.6) is 0 Å². The molecule has 1 aliphatic rings. The standard InChI is InChI=1S/C16H23ClFN/c1-11(2)19-10-14-5-3-4-13(14)8-12-6-7-15(17)16(18)9-12/h6-7,9,11,13-14,19H,3-5,8,10H2,1-2H3. The summed E-state index contributed by atoms with van der Waals surface area (Å²) in [7, 11) is 0. The van der Waals surface area contributed by atoms with E-state index in [0.29, 0.717) is 12.0 Å². The molecule has 0 aromatic heterocycles. The lowest BCUT2D eigenvalue weighted by Crippen LogP contribution is -2.31. The van der Waals surface area contributed by atoms with Crippen LogP contribution in [0.25, 0.3) is 0 Å². The quantitative estimate of drug-likeness (QED) is 0.843. The zero-order valence-corrected chi connectivity index (χ0v) is 12.5. The fraction of sp³-hybridized carbons (Fsp3) is 0.625. The maximum absolute atomic E-state index is 13.5. The Morgan fingerprint density at radius 1 is 1.32 bits per heavy atom. The molecule has 0 radical (unpaired) electrons. The van der Waals surface area contributed by atoms with Crippen molar-refractivity contribution in [1.82, 2.24) is 5.32 Å². The second-order valence-corrected chi connectivity index (χ2v) is 6.37. The zero-order chi connectivity index (χ0) is 13.8. The van der Waals surface area contributed by atoms with Crippen LogP contribution in [0.15, 0.2) is 18.2 Å². The molecular weight excluding hydrogens is 261 g/mol. The van der Waals surface area contributed by atoms with E-state index in [1.165, 1.54) is 19.3 Å². The second-order valence-electron chi connectivity index (χ2n) is 5.97. The van der Waals surface area contributed by atoms with Gasteiger partial charge in [-0.25, -0.2) is 4.39 Å². The third kappa shape index (κ3) is 4.19. The van der Waals surface area contributed by atoms with Gasteiger partial charge < -0.3 is 5.32 Å². The van der Waals surface area contributed by atoms with E-state index in [4.69, 9.17) is 11.6 Å². The normalized spacial score (nSPS) is 23.2. The summed E-state index contributed by atoms with van der Waals surface area (Å²) in [5.74, 6) is 1.10. The van der Waals surface area contributed by atoms with Gasteiger partial charge in [-0.1, -0.05) is 37.9 Å². The number of nitrogens with one attached hydrogen (secondary N) is 1. The number of rotatable bonds is 5. The first-order valence-electron chi connectivity index (χ1n) is 7.23. The van der Waals surface area contributed by atoms with E-state index in [1.807, 2.05) is 6.07 Å². The smallest absolute Gasteiger partial charge is 0.142 e. The largest absolute Gasteiger partial charge is 0.314 e. The van der Waals surface area contributed by atoms with Crippen molar-refractivity contribution in [2.75, 3.05) is 6.54 Å². The molecule has 0 aliphatic heterocycles. The summed E-state index contributed by atoms with van der Waals surface area (Å²) in [6, 6.07) is 5.75. The van der Waals surface area contributed by atoms with Gasteiger partial charge in [0.05, 0.1) is 5.02 Å². The van der Waals surface area contributed by atoms with E-state index in [2.05, 4.69) is 19.2 Å². The first kappa shape index (κ1) is 14.8. The molecule has 0 saturated heterocycles. The molecular formula is C16H23ClFN. The highest BCUT2D eigenvalue weighted by atomic mass is 35.5. The fourth-order valence-corrected chi connectivity index (χ4v) is 3.13. The van der Waals surface area contributed by atoms with E-state index in [9.17, 15) is 4.39 Å². The SMILES string of the molecule is CC(C)NCC1CCCC1Cc1ccc(Cl)c(F)c1. The Morgan fingerprint density at radius 2 is 2.05 bits per heavy atom. The van der Waals surface area contributed by atoms with Gasteiger partial charge in [0.15, 0.2) is 0 Å². The van der Waals surface area contributed by atoms with Crippen LogP contribution >= 0.6 is 11.6 Å². The predicted octanol–water partition coefficient (Wildman–Crippen LogP) is 4.44. The highest BCUT2D eigenvalue weighted by Gasteiger charge is 2.27. The molecule has 2 unspecified atom stereocenters. The zero-order valence-electron chi connectivity index (χ0n) is 11.8. The number of benzene rings is 1. The van der Waals surface area contributed by atoms with E-state index < -0.39 is 0 Å². The summed E-state index contributed by atoms with van der Waals surface area (Å²) < 4.78 is 13.5. The maximum Gasteiger partial charge on any atom is 0.142 e. The van der Waals surface area contributed by atoms with E-state index in [-0.39, 0.29) is 10.8 Å². The summed E-state index contributed by atoms with van der Waals surface area (Å²) in [6.45, 7) is 5.44. The van der Waals surface area contributed by atoms with Crippen molar-refractivity contribution in [1.29, 1.82) is 0 Å². The minimum atomic E-state index is -0.297. The lowest BCUT2D eigenvalue weighted by atomic mass is 9.89. The molecule has 1 aromatic rings. The van der Waals surface area contributed by atoms with E-state index in [1.54, 1.807) is 12.1 Å². The van der Waals surface area contributed by atoms with Gasteiger partial charge in [-0.15, -0.1) is 0 Å². The molecule has 1 saturated carbocycles. The molecule has 1 fully saturated rings. The van der Waals surface area contributed by atoms with Crippen molar-refractivity contribution in [3.05, 3.63) is 34.6 Å². The van der Waals surface area contributed by atoms with Gasteiger partial charge in [0.2, 0.25) is 0 Å². The Bertz CT molecular complexity index is 419. The molecule has 2 rings (SSSR count). The van der Waals surface area contributed by atoms with Gasteiger partial charge >= 0.3 is 0 Å². The van der Waals surface area contributed by atoms with Crippen LogP contribution < -0.4 is 5.32 Å². The first-order chi connectivity index (χ1) is 9.06. The van der Waals surface area contributed by atoms with Crippen molar-refractivity contribution in [2.45, 2.75) is 45.6 Å². The van der Waals surface area contributed by atoms with Crippen molar-refractivity contribution >= 4 is 11.6 Å². The van der Waals surface area contributed by atoms with Crippen LogP contribution in [0.2, 0.25) is 5.02 Å². The minimum Gasteiger partial charge on any atom is -0.314 e. The fourth-order valence-electron chi connectivity index (χ4n) is 3.01. The highest BCUT2D eigenvalue weighted by molar-refractivity contribution is 6.30. The van der Waals surface area contributed by atoms with Crippen molar-refractivity contribution in [2.24, 2.45) is 11.8 Å². The van der Waals surface area contributed by atoms with Crippen LogP contribution in [0, 0.1) is 17.7 Å². The van der Waals surface area contributed by atoms with Gasteiger partial charge in [0.25, 0.3) is 0 Å². The molecule has 19 heavy (non-hydrogen) atoms. The van der Waals surface area contributed by atoms with Crippen molar-refractivity contribution in [3.8, 4) is 0 Å². The monoisotopic (exact) mass is 283 g/mol. The summed E-state index contributed by atoms with van der Waals surface area (Å²) >= 11 is 5.73. The molecule has 1 N–H and O–H groups in total. The summed E-state index contributed by atoms with van der Waals surface area (Å²) in [5.41, 5.74) is 1.07. The van der Waals surface area contributed by atoms with Gasteiger partial charge in [0, 0.05) is 6.04 Å². The molecule has 0 amide bonds. The Kier molecular flexibility index (Phi) is 5.23. The second kappa shape index (κ2) is 6.71. The molecule has 1 aromatic carbocycles. The summed E-state index contributed by atoms with van der Waals surface area (Å²) in [4.78, 5) is 0. The highest BCUT2D eigenvalue weighted by Crippen LogP contribution is 2.34. The lowest BCUT2D eigenvalue weighted by Gasteiger charge is -2.21. The predicted molar refractivity (Wildman–Crippen MR) is 79.1 cm³/mol. The minimum absolute atomic E-state index is 0.216. The van der Waals surface area contributed by atoms with Crippen LogP contribution in [0.3, 0.4) is 0 Å². The molecule has 1 aliphatic carbocycles. The Balaban J connectivity index is 1.95. The average molecular weight is 284 g/mol. The van der Waals surface area contributed by atoms with Crippen LogP contribution in [0.4, 0.5) is 4.39 Å². The van der Waals surface area contributed by atoms with Crippen molar-refractivity contribution in [3.63, 3.8) is 0 Å². The van der Waals surface area contributed by atoms with Gasteiger partial charge in [-0.2, -0.15) is 0 Å². The van der Waals surface area contributed by atoms with Gasteiger partial charge in [-0.3, -0.25) is 0 Å². The molecule has 2 atom stereocenters. The topological polar surface area (TPSA) is 12.0 Å². The van der Waals surface area contributed by atoms with Crippen molar-refractivity contribution < 1.29 is 4.39 Å². The summed E-state index contributed by atoms with van der Waals surface area (Å²) in [6.07, 6.45) is 4.82. The first-order valence-corrected chi connectivity index (χ1v) is 7.61. The van der Waals surface area contributed by atoms with Crippen LogP contribution in [0.1, 0.15) is 38.7 Å². The number of hydrogen-bond donors (Lipinski definition) is 1. The summed E-state index contributed by atoms with van der Waals surface area (Å²) in [5, 5.41) is 3.74. The lowest BCUT2D eigenvalue weighted by molar-refractivity contribution is 0.354. The molecule has 0 heterocycles. The van der Waals surface area contributed by atoms with E-state index >= 15 is 0 Å². The third-order valence-corrected chi connectivity index (χ3v) is 4.39. The molecule has 0 bridgehead atoms. The Morgan fingerprint density at radius 3 is 2.74 bits per heavy atom. The number of halogens is 2. The van der Waals surface area contributed by atoms with Gasteiger partial charge in [0.1, 0.15) is 5.82 Å². The Labute approximate surface area is 120 Å². The molecule has 3 heteroatoms. The molecule has 0 spiro atoms. The average Bonchev–Trinajstić information content (AvgIpc) is 2.79. The number of hydrogen-bond acceptors (Lipinski definition) is 1. The van der Waals surface area contributed by atoms with E-state index in [0.717, 1.165) is 24.4 Å². The van der Waals surface area contributed by atoms with Crippen LogP contribution in [-0.4, -0.2) is 12.6 Å².